The first-order chi connectivity index (χ1) is 9.49. The first kappa shape index (κ1) is 14.0. The molecule has 1 aliphatic carbocycles. The highest BCUT2D eigenvalue weighted by Gasteiger charge is 2.37. The summed E-state index contributed by atoms with van der Waals surface area (Å²) >= 11 is 0. The van der Waals surface area contributed by atoms with Gasteiger partial charge in [0.15, 0.2) is 17.3 Å². The second kappa shape index (κ2) is 5.73. The largest absolute Gasteiger partial charge is 0.298 e. The number of carbonyl (C=O) groups excluding carboxylic acids is 3. The number of nitro benzene ring substituents is 1. The molecule has 20 heavy (non-hydrogen) atoms. The number of nitro groups is 1. The van der Waals surface area contributed by atoms with E-state index in [-0.39, 0.29) is 42.3 Å². The van der Waals surface area contributed by atoms with Crippen molar-refractivity contribution in [1.82, 2.24) is 0 Å². The van der Waals surface area contributed by atoms with Crippen molar-refractivity contribution in [3.63, 3.8) is 0 Å². The topological polar surface area (TPSA) is 94.3 Å². The zero-order valence-corrected chi connectivity index (χ0v) is 10.7. The lowest BCUT2D eigenvalue weighted by molar-refractivity contribution is -0.384. The Morgan fingerprint density at radius 3 is 2.20 bits per heavy atom. The molecule has 0 unspecified atom stereocenters. The molecule has 2 rings (SSSR count). The van der Waals surface area contributed by atoms with Crippen LogP contribution >= 0.6 is 0 Å². The van der Waals surface area contributed by atoms with Gasteiger partial charge in [-0.05, 0) is 12.0 Å². The Kier molecular flexibility index (Phi) is 4.02. The van der Waals surface area contributed by atoms with Gasteiger partial charge in [0.2, 0.25) is 0 Å². The normalized spacial score (nSPS) is 15.6. The van der Waals surface area contributed by atoms with Crippen LogP contribution < -0.4 is 0 Å². The van der Waals surface area contributed by atoms with E-state index in [4.69, 9.17) is 0 Å². The molecule has 0 N–H and O–H groups in total. The van der Waals surface area contributed by atoms with E-state index in [1.165, 1.54) is 12.1 Å². The molecule has 0 spiro atoms. The van der Waals surface area contributed by atoms with E-state index < -0.39 is 10.8 Å². The number of hydrogen-bond donors (Lipinski definition) is 0. The lowest BCUT2D eigenvalue weighted by atomic mass is 9.95. The summed E-state index contributed by atoms with van der Waals surface area (Å²) < 4.78 is 0. The molecule has 0 amide bonds. The van der Waals surface area contributed by atoms with Gasteiger partial charge in [0.1, 0.15) is 5.92 Å². The Bertz CT molecular complexity index is 560. The monoisotopic (exact) mass is 275 g/mol. The minimum atomic E-state index is -1.08. The Hall–Kier alpha value is -2.37. The van der Waals surface area contributed by atoms with Crippen LogP contribution in [0.1, 0.15) is 24.8 Å². The number of nitrogens with zero attached hydrogens (tertiary/aromatic N) is 1. The number of rotatable bonds is 5. The smallest absolute Gasteiger partial charge is 0.269 e. The van der Waals surface area contributed by atoms with Crippen molar-refractivity contribution in [1.29, 1.82) is 0 Å². The van der Waals surface area contributed by atoms with Crippen molar-refractivity contribution in [3.05, 3.63) is 39.9 Å². The summed E-state index contributed by atoms with van der Waals surface area (Å²) in [4.78, 5) is 44.8. The van der Waals surface area contributed by atoms with Crippen LogP contribution in [0.2, 0.25) is 0 Å². The lowest BCUT2D eigenvalue weighted by Gasteiger charge is -2.05. The van der Waals surface area contributed by atoms with Gasteiger partial charge in [-0.15, -0.1) is 0 Å². The van der Waals surface area contributed by atoms with Crippen LogP contribution in [0.15, 0.2) is 24.3 Å². The molecule has 6 nitrogen and oxygen atoms in total. The van der Waals surface area contributed by atoms with Gasteiger partial charge in [-0.1, -0.05) is 12.1 Å². The number of aryl methyl sites for hydroxylation is 1. The maximum absolute atomic E-state index is 11.9. The molecule has 0 bridgehead atoms. The number of Topliss-reactive ketones (excluding diaryl/α,β-unsaturated/α-hetero) is 3. The van der Waals surface area contributed by atoms with Gasteiger partial charge < -0.3 is 0 Å². The van der Waals surface area contributed by atoms with Crippen molar-refractivity contribution in [2.75, 3.05) is 0 Å². The lowest BCUT2D eigenvalue weighted by Crippen LogP contribution is -2.25. The fourth-order valence-corrected chi connectivity index (χ4v) is 2.27. The number of benzene rings is 1. The maximum atomic E-state index is 11.9. The van der Waals surface area contributed by atoms with Gasteiger partial charge in [-0.2, -0.15) is 0 Å². The van der Waals surface area contributed by atoms with Crippen LogP contribution in [0.5, 0.6) is 0 Å². The van der Waals surface area contributed by atoms with Gasteiger partial charge in [-0.25, -0.2) is 0 Å². The molecule has 0 aromatic heterocycles. The Labute approximate surface area is 114 Å². The van der Waals surface area contributed by atoms with Crippen LogP contribution in [-0.4, -0.2) is 22.3 Å². The Morgan fingerprint density at radius 1 is 1.15 bits per heavy atom. The summed E-state index contributed by atoms with van der Waals surface area (Å²) in [6, 6.07) is 5.88. The molecule has 104 valence electrons. The average Bonchev–Trinajstić information content (AvgIpc) is 2.76. The second-order valence-electron chi connectivity index (χ2n) is 4.76. The van der Waals surface area contributed by atoms with Crippen LogP contribution in [0.3, 0.4) is 0 Å². The van der Waals surface area contributed by atoms with Gasteiger partial charge in [0, 0.05) is 31.4 Å². The fourth-order valence-electron chi connectivity index (χ4n) is 2.27. The van der Waals surface area contributed by atoms with E-state index in [2.05, 4.69) is 0 Å². The van der Waals surface area contributed by atoms with Crippen molar-refractivity contribution < 1.29 is 19.3 Å². The molecule has 0 aliphatic heterocycles. The third-order valence-corrected chi connectivity index (χ3v) is 3.39. The highest BCUT2D eigenvalue weighted by molar-refractivity contribution is 6.23. The zero-order chi connectivity index (χ0) is 14.7. The third-order valence-electron chi connectivity index (χ3n) is 3.39. The van der Waals surface area contributed by atoms with Gasteiger partial charge in [0.05, 0.1) is 4.92 Å². The van der Waals surface area contributed by atoms with Crippen molar-refractivity contribution >= 4 is 23.0 Å². The van der Waals surface area contributed by atoms with E-state index in [0.29, 0.717) is 6.42 Å². The number of hydrogen-bond acceptors (Lipinski definition) is 5. The molecule has 1 aromatic carbocycles. The summed E-state index contributed by atoms with van der Waals surface area (Å²) in [7, 11) is 0. The quantitative estimate of drug-likeness (QED) is 0.462. The Balaban J connectivity index is 1.95. The average molecular weight is 275 g/mol. The van der Waals surface area contributed by atoms with E-state index in [9.17, 15) is 24.5 Å². The third kappa shape index (κ3) is 2.96. The molecule has 6 heteroatoms. The first-order valence-corrected chi connectivity index (χ1v) is 6.30. The van der Waals surface area contributed by atoms with Crippen molar-refractivity contribution in [3.8, 4) is 0 Å². The molecule has 0 atom stereocenters. The molecule has 0 saturated heterocycles. The van der Waals surface area contributed by atoms with E-state index >= 15 is 0 Å². The summed E-state index contributed by atoms with van der Waals surface area (Å²) in [6.45, 7) is 0. The summed E-state index contributed by atoms with van der Waals surface area (Å²) in [5, 5.41) is 10.5. The Morgan fingerprint density at radius 2 is 1.70 bits per heavy atom. The van der Waals surface area contributed by atoms with E-state index in [1.54, 1.807) is 12.1 Å². The first-order valence-electron chi connectivity index (χ1n) is 6.30. The van der Waals surface area contributed by atoms with E-state index in [1.807, 2.05) is 0 Å². The standard InChI is InChI=1S/C14H13NO5/c16-11(14-12(17)7-8-13(14)18)6-3-9-1-4-10(5-2-9)15(19)20/h1-2,4-5,14H,3,6-8H2. The highest BCUT2D eigenvalue weighted by atomic mass is 16.6. The molecule has 0 radical (unpaired) electrons. The summed E-state index contributed by atoms with van der Waals surface area (Å²) in [5.41, 5.74) is 0.753. The van der Waals surface area contributed by atoms with Crippen LogP contribution in [0, 0.1) is 16.0 Å². The molecular weight excluding hydrogens is 262 g/mol. The second-order valence-corrected chi connectivity index (χ2v) is 4.76. The van der Waals surface area contributed by atoms with Crippen LogP contribution in [0.4, 0.5) is 5.69 Å². The predicted octanol–water partition coefficient (Wildman–Crippen LogP) is 1.64. The summed E-state index contributed by atoms with van der Waals surface area (Å²) in [5.74, 6) is -2.00. The predicted molar refractivity (Wildman–Crippen MR) is 69.2 cm³/mol. The van der Waals surface area contributed by atoms with Gasteiger partial charge >= 0.3 is 0 Å². The minimum Gasteiger partial charge on any atom is -0.298 e. The van der Waals surface area contributed by atoms with E-state index in [0.717, 1.165) is 5.56 Å². The summed E-state index contributed by atoms with van der Waals surface area (Å²) in [6.07, 6.45) is 0.785. The minimum absolute atomic E-state index is 0.0128. The fraction of sp³-hybridized carbons (Fsp3) is 0.357. The van der Waals surface area contributed by atoms with Crippen LogP contribution in [0.25, 0.3) is 0 Å². The number of carbonyl (C=O) groups is 3. The number of non-ortho nitro benzene ring substituents is 1. The zero-order valence-electron chi connectivity index (χ0n) is 10.7. The van der Waals surface area contributed by atoms with Crippen molar-refractivity contribution in [2.45, 2.75) is 25.7 Å². The van der Waals surface area contributed by atoms with Crippen LogP contribution in [-0.2, 0) is 20.8 Å². The molecule has 0 heterocycles. The maximum Gasteiger partial charge on any atom is 0.269 e. The molecule has 1 fully saturated rings. The molecule has 1 aromatic rings. The highest BCUT2D eigenvalue weighted by Crippen LogP contribution is 2.21. The molecular formula is C14H13NO5. The van der Waals surface area contributed by atoms with Crippen molar-refractivity contribution in [2.24, 2.45) is 5.92 Å². The van der Waals surface area contributed by atoms with Gasteiger partial charge in [0.25, 0.3) is 5.69 Å². The molecule has 1 saturated carbocycles. The SMILES string of the molecule is O=C1CCC(=O)C1C(=O)CCc1ccc([N+](=O)[O-])cc1. The van der Waals surface area contributed by atoms with Gasteiger partial charge in [-0.3, -0.25) is 24.5 Å². The number of ketones is 3. The molecule has 1 aliphatic rings.